The molecule has 0 aliphatic carbocycles. The number of fused-ring (bicyclic) bond motifs is 1. The van der Waals surface area contributed by atoms with E-state index in [1.807, 2.05) is 0 Å². The van der Waals surface area contributed by atoms with Crippen molar-refractivity contribution < 1.29 is 9.87 Å². The van der Waals surface area contributed by atoms with Crippen molar-refractivity contribution in [3.8, 4) is 11.3 Å². The summed E-state index contributed by atoms with van der Waals surface area (Å²) in [6.45, 7) is 1.62. The minimum absolute atomic E-state index is 0. The third kappa shape index (κ3) is 4.01. The van der Waals surface area contributed by atoms with Gasteiger partial charge in [-0.25, -0.2) is 14.4 Å². The van der Waals surface area contributed by atoms with Crippen LogP contribution in [0.3, 0.4) is 0 Å². The summed E-state index contributed by atoms with van der Waals surface area (Å²) in [5.74, 6) is 0.0164. The predicted molar refractivity (Wildman–Crippen MR) is 85.4 cm³/mol. The number of hydrogen-bond acceptors (Lipinski definition) is 4. The zero-order valence-corrected chi connectivity index (χ0v) is 12.7. The van der Waals surface area contributed by atoms with E-state index < -0.39 is 0 Å². The second kappa shape index (κ2) is 8.09. The Morgan fingerprint density at radius 3 is 2.43 bits per heavy atom. The largest absolute Gasteiger partial charge is 0.412 e. The number of anilines is 1. The Morgan fingerprint density at radius 1 is 1.10 bits per heavy atom. The van der Waals surface area contributed by atoms with Crippen LogP contribution in [0.2, 0.25) is 0 Å². The molecule has 8 heteroatoms. The van der Waals surface area contributed by atoms with Crippen LogP contribution in [0.25, 0.3) is 11.3 Å². The highest BCUT2D eigenvalue weighted by Gasteiger charge is 2.17. The van der Waals surface area contributed by atoms with Crippen molar-refractivity contribution in [1.29, 1.82) is 0 Å². The van der Waals surface area contributed by atoms with Gasteiger partial charge in [0.15, 0.2) is 0 Å². The molecule has 2 heterocycles. The molecule has 0 amide bonds. The summed E-state index contributed by atoms with van der Waals surface area (Å²) in [6, 6.07) is 6.28. The highest BCUT2D eigenvalue weighted by atomic mass is 35.5. The molecule has 5 N–H and O–H groups in total. The number of nitrogens with two attached hydrogens (primary N) is 1. The molecular weight excluding hydrogens is 318 g/mol. The molecule has 116 valence electrons. The lowest BCUT2D eigenvalue weighted by Crippen LogP contribution is -2.26. The first kappa shape index (κ1) is 19.5. The Labute approximate surface area is 134 Å². The van der Waals surface area contributed by atoms with Crippen LogP contribution < -0.4 is 11.1 Å². The summed E-state index contributed by atoms with van der Waals surface area (Å²) >= 11 is 0. The van der Waals surface area contributed by atoms with Gasteiger partial charge < -0.3 is 16.5 Å². The van der Waals surface area contributed by atoms with E-state index in [4.69, 9.17) is 5.73 Å². The molecular formula is C13H17Cl2FN4O. The average molecular weight is 335 g/mol. The van der Waals surface area contributed by atoms with Crippen molar-refractivity contribution in [3.63, 3.8) is 0 Å². The van der Waals surface area contributed by atoms with Gasteiger partial charge >= 0.3 is 0 Å². The van der Waals surface area contributed by atoms with Crippen LogP contribution in [-0.4, -0.2) is 22.0 Å². The zero-order valence-electron chi connectivity index (χ0n) is 11.1. The van der Waals surface area contributed by atoms with Crippen molar-refractivity contribution in [2.45, 2.75) is 13.0 Å². The molecule has 0 unspecified atom stereocenters. The van der Waals surface area contributed by atoms with Crippen LogP contribution in [0, 0.1) is 5.82 Å². The van der Waals surface area contributed by atoms with Gasteiger partial charge in [0.1, 0.15) is 5.82 Å². The topological polar surface area (TPSA) is 95.3 Å². The van der Waals surface area contributed by atoms with Gasteiger partial charge in [-0.05, 0) is 24.3 Å². The lowest BCUT2D eigenvalue weighted by Gasteiger charge is -2.19. The summed E-state index contributed by atoms with van der Waals surface area (Å²) < 4.78 is 13.0. The molecule has 0 bridgehead atoms. The van der Waals surface area contributed by atoms with Crippen LogP contribution in [-0.2, 0) is 13.0 Å². The van der Waals surface area contributed by atoms with E-state index in [-0.39, 0.29) is 42.1 Å². The molecule has 21 heavy (non-hydrogen) atoms. The van der Waals surface area contributed by atoms with Crippen LogP contribution >= 0.6 is 24.8 Å². The molecule has 2 aromatic rings. The Hall–Kier alpha value is -1.47. The highest BCUT2D eigenvalue weighted by molar-refractivity contribution is 5.85. The average Bonchev–Trinajstić information content (AvgIpc) is 2.38. The lowest BCUT2D eigenvalue weighted by atomic mass is 10.0. The van der Waals surface area contributed by atoms with Crippen molar-refractivity contribution in [2.24, 2.45) is 0 Å². The third-order valence-electron chi connectivity index (χ3n) is 3.07. The summed E-state index contributed by atoms with van der Waals surface area (Å²) in [4.78, 5) is 8.56. The smallest absolute Gasteiger partial charge is 0.220 e. The van der Waals surface area contributed by atoms with E-state index in [0.29, 0.717) is 0 Å². The number of halogens is 3. The van der Waals surface area contributed by atoms with Crippen molar-refractivity contribution >= 4 is 30.8 Å². The zero-order chi connectivity index (χ0) is 12.5. The molecule has 3 rings (SSSR count). The molecule has 5 nitrogen and oxygen atoms in total. The lowest BCUT2D eigenvalue weighted by molar-refractivity contribution is 0.626. The molecule has 1 aliphatic heterocycles. The molecule has 0 fully saturated rings. The molecule has 0 atom stereocenters. The van der Waals surface area contributed by atoms with E-state index in [9.17, 15) is 4.39 Å². The SMILES string of the molecule is Cl.Cl.Nc1nc2c(c(-c3ccc(F)cc3)n1)CNCC2.O. The fourth-order valence-electron chi connectivity index (χ4n) is 2.21. The minimum Gasteiger partial charge on any atom is -0.412 e. The minimum atomic E-state index is -0.257. The predicted octanol–water partition coefficient (Wildman–Crippen LogP) is 1.53. The number of nitrogens with zero attached hydrogens (tertiary/aromatic N) is 2. The summed E-state index contributed by atoms with van der Waals surface area (Å²) in [6.07, 6.45) is 0.844. The summed E-state index contributed by atoms with van der Waals surface area (Å²) in [5, 5.41) is 3.29. The number of hydrogen-bond donors (Lipinski definition) is 2. The van der Waals surface area contributed by atoms with Crippen LogP contribution in [0.1, 0.15) is 11.3 Å². The standard InChI is InChI=1S/C13H13FN4.2ClH.H2O/c14-9-3-1-8(2-4-9)12-10-7-16-6-5-11(10)17-13(15)18-12;;;/h1-4,16H,5-7H2,(H2,15,17,18);2*1H;1H2. The maximum Gasteiger partial charge on any atom is 0.220 e. The molecule has 0 saturated heterocycles. The van der Waals surface area contributed by atoms with E-state index in [1.54, 1.807) is 12.1 Å². The molecule has 0 spiro atoms. The Morgan fingerprint density at radius 2 is 1.76 bits per heavy atom. The van der Waals surface area contributed by atoms with Gasteiger partial charge in [-0.15, -0.1) is 24.8 Å². The van der Waals surface area contributed by atoms with Crippen molar-refractivity contribution in [1.82, 2.24) is 15.3 Å². The summed E-state index contributed by atoms with van der Waals surface area (Å²) in [7, 11) is 0. The number of nitrogens with one attached hydrogen (secondary N) is 1. The maximum atomic E-state index is 13.0. The van der Waals surface area contributed by atoms with E-state index in [2.05, 4.69) is 15.3 Å². The number of aromatic nitrogens is 2. The van der Waals surface area contributed by atoms with Crippen LogP contribution in [0.5, 0.6) is 0 Å². The highest BCUT2D eigenvalue weighted by Crippen LogP contribution is 2.26. The Balaban J connectivity index is 0.00000133. The quantitative estimate of drug-likeness (QED) is 0.826. The Bertz CT molecular complexity index is 595. The van der Waals surface area contributed by atoms with Crippen molar-refractivity contribution in [3.05, 3.63) is 41.3 Å². The Kier molecular flexibility index (Phi) is 7.52. The first-order valence-electron chi connectivity index (χ1n) is 5.86. The van der Waals surface area contributed by atoms with Gasteiger partial charge in [0, 0.05) is 30.6 Å². The second-order valence-electron chi connectivity index (χ2n) is 4.29. The van der Waals surface area contributed by atoms with Crippen molar-refractivity contribution in [2.75, 3.05) is 12.3 Å². The maximum absolute atomic E-state index is 13.0. The van der Waals surface area contributed by atoms with Gasteiger partial charge in [0.05, 0.1) is 11.4 Å². The molecule has 1 aromatic heterocycles. The molecule has 1 aromatic carbocycles. The molecule has 0 radical (unpaired) electrons. The van der Waals surface area contributed by atoms with E-state index in [0.717, 1.165) is 42.0 Å². The molecule has 0 saturated carbocycles. The van der Waals surface area contributed by atoms with Gasteiger partial charge in [-0.3, -0.25) is 0 Å². The summed E-state index contributed by atoms with van der Waals surface area (Å²) in [5.41, 5.74) is 9.44. The first-order valence-corrected chi connectivity index (χ1v) is 5.86. The molecule has 1 aliphatic rings. The van der Waals surface area contributed by atoms with Gasteiger partial charge in [-0.1, -0.05) is 0 Å². The fourth-order valence-corrected chi connectivity index (χ4v) is 2.21. The van der Waals surface area contributed by atoms with E-state index >= 15 is 0 Å². The normalized spacial score (nSPS) is 12.2. The number of nitrogen functional groups attached to an aromatic ring is 1. The fraction of sp³-hybridized carbons (Fsp3) is 0.231. The second-order valence-corrected chi connectivity index (χ2v) is 4.29. The van der Waals surface area contributed by atoms with Gasteiger partial charge in [0.25, 0.3) is 0 Å². The monoisotopic (exact) mass is 334 g/mol. The van der Waals surface area contributed by atoms with Gasteiger partial charge in [0.2, 0.25) is 5.95 Å². The van der Waals surface area contributed by atoms with E-state index in [1.165, 1.54) is 12.1 Å². The first-order chi connectivity index (χ1) is 8.74. The third-order valence-corrected chi connectivity index (χ3v) is 3.07. The van der Waals surface area contributed by atoms with Crippen LogP contribution in [0.15, 0.2) is 24.3 Å². The number of benzene rings is 1. The van der Waals surface area contributed by atoms with Gasteiger partial charge in [-0.2, -0.15) is 0 Å². The van der Waals surface area contributed by atoms with Crippen LogP contribution in [0.4, 0.5) is 10.3 Å². The number of rotatable bonds is 1.